The molecule has 2 nitrogen and oxygen atoms in total. The summed E-state index contributed by atoms with van der Waals surface area (Å²) >= 11 is 0. The monoisotopic (exact) mass is 182 g/mol. The molecule has 3 heteroatoms. The quantitative estimate of drug-likeness (QED) is 0.729. The van der Waals surface area contributed by atoms with Crippen LogP contribution in [0.3, 0.4) is 0 Å². The summed E-state index contributed by atoms with van der Waals surface area (Å²) < 4.78 is 12.8. The summed E-state index contributed by atoms with van der Waals surface area (Å²) in [5.74, 6) is -1.51. The zero-order valence-corrected chi connectivity index (χ0v) is 7.38. The lowest BCUT2D eigenvalue weighted by Gasteiger charge is -2.02. The molecule has 0 fully saturated rings. The fourth-order valence-electron chi connectivity index (χ4n) is 1.10. The van der Waals surface area contributed by atoms with Gasteiger partial charge >= 0.3 is 0 Å². The molecule has 1 rings (SSSR count). The van der Waals surface area contributed by atoms with E-state index in [4.69, 9.17) is 0 Å². The number of hydrogen-bond acceptors (Lipinski definition) is 2. The number of phenols is 1. The van der Waals surface area contributed by atoms with Gasteiger partial charge < -0.3 is 5.11 Å². The lowest BCUT2D eigenvalue weighted by atomic mass is 10.1. The highest BCUT2D eigenvalue weighted by atomic mass is 19.1. The zero-order valence-electron chi connectivity index (χ0n) is 7.38. The number of halogens is 1. The Balaban J connectivity index is 3.01. The van der Waals surface area contributed by atoms with Crippen molar-refractivity contribution in [2.75, 3.05) is 0 Å². The van der Waals surface area contributed by atoms with Crippen LogP contribution in [0, 0.1) is 5.82 Å². The van der Waals surface area contributed by atoms with Crippen molar-refractivity contribution in [2.24, 2.45) is 0 Å². The van der Waals surface area contributed by atoms with Crippen LogP contribution in [0.1, 0.15) is 30.1 Å². The van der Waals surface area contributed by atoms with E-state index in [1.165, 1.54) is 12.1 Å². The van der Waals surface area contributed by atoms with Crippen LogP contribution in [-0.2, 0) is 0 Å². The number of carbonyl (C=O) groups is 1. The number of aromatic hydroxyl groups is 1. The van der Waals surface area contributed by atoms with Crippen LogP contribution in [0.25, 0.3) is 0 Å². The topological polar surface area (TPSA) is 37.3 Å². The minimum Gasteiger partial charge on any atom is -0.504 e. The van der Waals surface area contributed by atoms with Gasteiger partial charge in [0.05, 0.1) is 5.56 Å². The van der Waals surface area contributed by atoms with Gasteiger partial charge in [0.1, 0.15) is 0 Å². The molecule has 0 aliphatic rings. The van der Waals surface area contributed by atoms with Crippen LogP contribution in [0.5, 0.6) is 5.75 Å². The summed E-state index contributed by atoms with van der Waals surface area (Å²) in [4.78, 5) is 11.3. The molecule has 0 aromatic heterocycles. The Bertz CT molecular complexity index is 321. The molecule has 0 atom stereocenters. The lowest BCUT2D eigenvalue weighted by Crippen LogP contribution is -1.99. The molecule has 0 aliphatic carbocycles. The van der Waals surface area contributed by atoms with E-state index in [1.54, 1.807) is 0 Å². The molecule has 1 aromatic rings. The number of Topliss-reactive ketones (excluding diaryl/α,β-unsaturated/α-hetero) is 1. The molecule has 0 saturated heterocycles. The minimum atomic E-state index is -0.748. The minimum absolute atomic E-state index is 0.0712. The van der Waals surface area contributed by atoms with E-state index in [0.717, 1.165) is 6.07 Å². The molecular weight excluding hydrogens is 171 g/mol. The van der Waals surface area contributed by atoms with Crippen LogP contribution in [0.4, 0.5) is 4.39 Å². The van der Waals surface area contributed by atoms with Gasteiger partial charge in [0.15, 0.2) is 17.3 Å². The molecule has 0 saturated carbocycles. The van der Waals surface area contributed by atoms with Crippen molar-refractivity contribution in [2.45, 2.75) is 19.8 Å². The Morgan fingerprint density at radius 1 is 1.54 bits per heavy atom. The first kappa shape index (κ1) is 9.71. The number of carbonyl (C=O) groups excluding carboxylic acids is 1. The first-order valence-corrected chi connectivity index (χ1v) is 4.17. The normalized spacial score (nSPS) is 10.0. The van der Waals surface area contributed by atoms with E-state index in [2.05, 4.69) is 0 Å². The van der Waals surface area contributed by atoms with Crippen LogP contribution in [0.2, 0.25) is 0 Å². The first-order chi connectivity index (χ1) is 6.16. The lowest BCUT2D eigenvalue weighted by molar-refractivity contribution is 0.0978. The fraction of sp³-hybridized carbons (Fsp3) is 0.300. The predicted octanol–water partition coefficient (Wildman–Crippen LogP) is 2.51. The molecule has 0 radical (unpaired) electrons. The second kappa shape index (κ2) is 4.03. The summed E-state index contributed by atoms with van der Waals surface area (Å²) in [5.41, 5.74) is 0.0712. The number of benzene rings is 1. The van der Waals surface area contributed by atoms with Gasteiger partial charge in [0, 0.05) is 6.42 Å². The van der Waals surface area contributed by atoms with Crippen LogP contribution in [-0.4, -0.2) is 10.9 Å². The number of rotatable bonds is 3. The Morgan fingerprint density at radius 3 is 2.85 bits per heavy atom. The van der Waals surface area contributed by atoms with Crippen molar-refractivity contribution >= 4 is 5.78 Å². The van der Waals surface area contributed by atoms with E-state index in [9.17, 15) is 14.3 Å². The molecular formula is C10H11FO2. The summed E-state index contributed by atoms with van der Waals surface area (Å²) in [6, 6.07) is 3.96. The van der Waals surface area contributed by atoms with Crippen molar-refractivity contribution in [1.82, 2.24) is 0 Å². The van der Waals surface area contributed by atoms with Crippen LogP contribution in [0.15, 0.2) is 18.2 Å². The van der Waals surface area contributed by atoms with Gasteiger partial charge in [-0.15, -0.1) is 0 Å². The molecule has 13 heavy (non-hydrogen) atoms. The molecule has 0 aliphatic heterocycles. The Kier molecular flexibility index (Phi) is 3.01. The summed E-state index contributed by atoms with van der Waals surface area (Å²) in [6.45, 7) is 1.86. The third-order valence-corrected chi connectivity index (χ3v) is 1.76. The molecule has 0 bridgehead atoms. The van der Waals surface area contributed by atoms with Gasteiger partial charge in [0.2, 0.25) is 0 Å². The van der Waals surface area contributed by atoms with Crippen LogP contribution < -0.4 is 0 Å². The van der Waals surface area contributed by atoms with Gasteiger partial charge in [-0.25, -0.2) is 4.39 Å². The maximum Gasteiger partial charge on any atom is 0.166 e. The second-order valence-electron chi connectivity index (χ2n) is 2.81. The predicted molar refractivity (Wildman–Crippen MR) is 47.3 cm³/mol. The van der Waals surface area contributed by atoms with Crippen molar-refractivity contribution in [3.63, 3.8) is 0 Å². The fourth-order valence-corrected chi connectivity index (χ4v) is 1.10. The van der Waals surface area contributed by atoms with Gasteiger partial charge in [-0.1, -0.05) is 13.0 Å². The molecule has 70 valence electrons. The molecule has 0 heterocycles. The van der Waals surface area contributed by atoms with Crippen molar-refractivity contribution in [3.8, 4) is 5.75 Å². The van der Waals surface area contributed by atoms with E-state index in [-0.39, 0.29) is 11.3 Å². The van der Waals surface area contributed by atoms with Crippen LogP contribution >= 0.6 is 0 Å². The third kappa shape index (κ3) is 2.05. The number of phenolic OH excluding ortho intramolecular Hbond substituents is 1. The summed E-state index contributed by atoms with van der Waals surface area (Å²) in [5, 5.41) is 9.20. The smallest absolute Gasteiger partial charge is 0.166 e. The highest BCUT2D eigenvalue weighted by Crippen LogP contribution is 2.22. The van der Waals surface area contributed by atoms with E-state index < -0.39 is 11.6 Å². The Hall–Kier alpha value is -1.38. The maximum atomic E-state index is 12.8. The number of hydrogen-bond donors (Lipinski definition) is 1. The van der Waals surface area contributed by atoms with Gasteiger partial charge in [-0.3, -0.25) is 4.79 Å². The summed E-state index contributed by atoms with van der Waals surface area (Å²) in [6.07, 6.45) is 1.02. The van der Waals surface area contributed by atoms with E-state index in [1.807, 2.05) is 6.92 Å². The molecule has 1 aromatic carbocycles. The number of ketones is 1. The standard InChI is InChI=1S/C10H11FO2/c1-2-4-9(12)7-5-3-6-8(11)10(7)13/h3,5-6,13H,2,4H2,1H3. The van der Waals surface area contributed by atoms with E-state index >= 15 is 0 Å². The zero-order chi connectivity index (χ0) is 9.84. The number of para-hydroxylation sites is 1. The van der Waals surface area contributed by atoms with Crippen molar-refractivity contribution in [3.05, 3.63) is 29.6 Å². The van der Waals surface area contributed by atoms with Gasteiger partial charge in [-0.05, 0) is 18.6 Å². The molecule has 0 amide bonds. The Morgan fingerprint density at radius 2 is 2.23 bits per heavy atom. The highest BCUT2D eigenvalue weighted by molar-refractivity contribution is 5.98. The van der Waals surface area contributed by atoms with Crippen molar-refractivity contribution < 1.29 is 14.3 Å². The average Bonchev–Trinajstić information content (AvgIpc) is 2.10. The third-order valence-electron chi connectivity index (χ3n) is 1.76. The maximum absolute atomic E-state index is 12.8. The van der Waals surface area contributed by atoms with E-state index in [0.29, 0.717) is 12.8 Å². The van der Waals surface area contributed by atoms with Gasteiger partial charge in [-0.2, -0.15) is 0 Å². The SMILES string of the molecule is CCCC(=O)c1cccc(F)c1O. The second-order valence-corrected chi connectivity index (χ2v) is 2.81. The average molecular weight is 182 g/mol. The highest BCUT2D eigenvalue weighted by Gasteiger charge is 2.12. The molecule has 0 spiro atoms. The molecule has 0 unspecified atom stereocenters. The summed E-state index contributed by atoms with van der Waals surface area (Å²) in [7, 11) is 0. The van der Waals surface area contributed by atoms with Crippen molar-refractivity contribution in [1.29, 1.82) is 0 Å². The van der Waals surface area contributed by atoms with Gasteiger partial charge in [0.25, 0.3) is 0 Å². The largest absolute Gasteiger partial charge is 0.504 e. The first-order valence-electron chi connectivity index (χ1n) is 4.17. The molecule has 1 N–H and O–H groups in total. The Labute approximate surface area is 76.0 Å².